The number of piperidine rings is 1. The Morgan fingerprint density at radius 2 is 2.12 bits per heavy atom. The van der Waals surface area contributed by atoms with Crippen LogP contribution in [0.4, 0.5) is 0 Å². The summed E-state index contributed by atoms with van der Waals surface area (Å²) in [6.07, 6.45) is 5.78. The molecular weight excluding hydrogens is 302 g/mol. The number of hydrogen-bond donors (Lipinski definition) is 1. The maximum Gasteiger partial charge on any atom is 0.249 e. The van der Waals surface area contributed by atoms with Crippen molar-refractivity contribution in [2.45, 2.75) is 45.6 Å². The van der Waals surface area contributed by atoms with Crippen molar-refractivity contribution in [1.82, 2.24) is 25.5 Å². The number of likely N-dealkylation sites (tertiary alicyclic amines) is 1. The van der Waals surface area contributed by atoms with Crippen molar-refractivity contribution < 1.29 is 4.79 Å². The van der Waals surface area contributed by atoms with Gasteiger partial charge in [-0.05, 0) is 44.7 Å². The molecule has 0 spiro atoms. The Bertz CT molecular complexity index is 706. The first-order chi connectivity index (χ1) is 11.6. The van der Waals surface area contributed by atoms with Crippen LogP contribution in [-0.4, -0.2) is 44.0 Å². The minimum atomic E-state index is 0.101. The summed E-state index contributed by atoms with van der Waals surface area (Å²) in [6, 6.07) is 8.34. The molecule has 6 nitrogen and oxygen atoms in total. The molecule has 1 saturated heterocycles. The Kier molecular flexibility index (Phi) is 5.03. The molecule has 126 valence electrons. The predicted octanol–water partition coefficient (Wildman–Crippen LogP) is 2.54. The number of nitrogens with one attached hydrogen (secondary N) is 1. The van der Waals surface area contributed by atoms with Crippen LogP contribution in [0.1, 0.15) is 43.1 Å². The van der Waals surface area contributed by atoms with E-state index in [0.29, 0.717) is 12.2 Å². The van der Waals surface area contributed by atoms with E-state index in [-0.39, 0.29) is 11.9 Å². The van der Waals surface area contributed by atoms with Crippen LogP contribution in [0.25, 0.3) is 6.08 Å². The highest BCUT2D eigenvalue weighted by molar-refractivity contribution is 5.97. The molecule has 1 aliphatic heterocycles. The van der Waals surface area contributed by atoms with E-state index >= 15 is 0 Å². The first-order valence-corrected chi connectivity index (χ1v) is 8.42. The summed E-state index contributed by atoms with van der Waals surface area (Å²) < 4.78 is 0. The molecule has 2 heterocycles. The molecule has 1 atom stereocenters. The maximum atomic E-state index is 12.9. The number of carbonyl (C=O) groups is 1. The van der Waals surface area contributed by atoms with Gasteiger partial charge in [-0.3, -0.25) is 4.79 Å². The van der Waals surface area contributed by atoms with Crippen molar-refractivity contribution in [3.63, 3.8) is 0 Å². The Balaban J connectivity index is 1.74. The lowest BCUT2D eigenvalue weighted by molar-refractivity contribution is -0.130. The van der Waals surface area contributed by atoms with E-state index in [1.807, 2.05) is 30.0 Å². The third kappa shape index (κ3) is 3.88. The number of amides is 1. The van der Waals surface area contributed by atoms with Gasteiger partial charge in [-0.15, -0.1) is 10.2 Å². The smallest absolute Gasteiger partial charge is 0.249 e. The van der Waals surface area contributed by atoms with Crippen LogP contribution >= 0.6 is 0 Å². The fourth-order valence-electron chi connectivity index (χ4n) is 3.16. The highest BCUT2D eigenvalue weighted by atomic mass is 16.2. The van der Waals surface area contributed by atoms with Crippen LogP contribution in [0.3, 0.4) is 0 Å². The third-order valence-corrected chi connectivity index (χ3v) is 4.49. The summed E-state index contributed by atoms with van der Waals surface area (Å²) in [6.45, 7) is 4.74. The molecule has 6 heteroatoms. The Hall–Kier alpha value is -2.50. The molecule has 1 fully saturated rings. The molecular formula is C18H23N5O. The van der Waals surface area contributed by atoms with Crippen LogP contribution in [0, 0.1) is 6.92 Å². The zero-order valence-electron chi connectivity index (χ0n) is 14.2. The van der Waals surface area contributed by atoms with Gasteiger partial charge in [0.05, 0.1) is 0 Å². The van der Waals surface area contributed by atoms with E-state index in [1.165, 1.54) is 5.56 Å². The van der Waals surface area contributed by atoms with Crippen LogP contribution < -0.4 is 0 Å². The van der Waals surface area contributed by atoms with Crippen molar-refractivity contribution in [2.75, 3.05) is 6.54 Å². The van der Waals surface area contributed by atoms with Crippen LogP contribution in [0.2, 0.25) is 0 Å². The molecule has 24 heavy (non-hydrogen) atoms. The second-order valence-electron chi connectivity index (χ2n) is 6.42. The maximum absolute atomic E-state index is 12.9. The van der Waals surface area contributed by atoms with Crippen molar-refractivity contribution >= 4 is 12.0 Å². The average Bonchev–Trinajstić information content (AvgIpc) is 3.10. The van der Waals surface area contributed by atoms with Crippen molar-refractivity contribution in [3.05, 3.63) is 46.8 Å². The van der Waals surface area contributed by atoms with E-state index in [0.717, 1.165) is 36.9 Å². The molecule has 0 aliphatic carbocycles. The number of rotatable bonds is 4. The molecule has 1 aliphatic rings. The lowest BCUT2D eigenvalue weighted by Gasteiger charge is -2.35. The van der Waals surface area contributed by atoms with Gasteiger partial charge < -0.3 is 4.90 Å². The summed E-state index contributed by atoms with van der Waals surface area (Å²) in [5.74, 6) is 0.767. The van der Waals surface area contributed by atoms with E-state index in [1.54, 1.807) is 0 Å². The molecule has 1 N–H and O–H groups in total. The summed E-state index contributed by atoms with van der Waals surface area (Å²) in [7, 11) is 0. The SMILES string of the molecule is C/C(=C\c1ccc(C)cc1)C(=O)N1CCCCC1Cc1nn[nH]n1. The number of H-pyrrole nitrogens is 1. The quantitative estimate of drug-likeness (QED) is 0.877. The van der Waals surface area contributed by atoms with Gasteiger partial charge >= 0.3 is 0 Å². The van der Waals surface area contributed by atoms with Crippen LogP contribution in [0.15, 0.2) is 29.8 Å². The van der Waals surface area contributed by atoms with Gasteiger partial charge in [-0.2, -0.15) is 5.21 Å². The number of tetrazole rings is 1. The summed E-state index contributed by atoms with van der Waals surface area (Å²) >= 11 is 0. The standard InChI is InChI=1S/C18H23N5O/c1-13-6-8-15(9-7-13)11-14(2)18(24)23-10-4-3-5-16(23)12-17-19-21-22-20-17/h6-9,11,16H,3-5,10,12H2,1-2H3,(H,19,20,21,22)/b14-11+. The minimum absolute atomic E-state index is 0.101. The van der Waals surface area contributed by atoms with Gasteiger partial charge in [0.15, 0.2) is 5.82 Å². The third-order valence-electron chi connectivity index (χ3n) is 4.49. The number of aromatic amines is 1. The van der Waals surface area contributed by atoms with E-state index in [9.17, 15) is 4.79 Å². The lowest BCUT2D eigenvalue weighted by atomic mass is 9.97. The fraction of sp³-hybridized carbons (Fsp3) is 0.444. The molecule has 1 unspecified atom stereocenters. The lowest BCUT2D eigenvalue weighted by Crippen LogP contribution is -2.45. The molecule has 2 aromatic rings. The Morgan fingerprint density at radius 3 is 2.83 bits per heavy atom. The minimum Gasteiger partial charge on any atom is -0.335 e. The van der Waals surface area contributed by atoms with Gasteiger partial charge in [0.2, 0.25) is 5.91 Å². The zero-order valence-corrected chi connectivity index (χ0v) is 14.2. The zero-order chi connectivity index (χ0) is 16.9. The fourth-order valence-corrected chi connectivity index (χ4v) is 3.16. The first kappa shape index (κ1) is 16.4. The summed E-state index contributed by atoms with van der Waals surface area (Å²) in [4.78, 5) is 14.9. The Labute approximate surface area is 142 Å². The van der Waals surface area contributed by atoms with E-state index in [4.69, 9.17) is 0 Å². The van der Waals surface area contributed by atoms with Gasteiger partial charge in [-0.25, -0.2) is 0 Å². The molecule has 0 radical (unpaired) electrons. The van der Waals surface area contributed by atoms with Gasteiger partial charge in [0.1, 0.15) is 0 Å². The summed E-state index contributed by atoms with van der Waals surface area (Å²) in [5.41, 5.74) is 3.03. The highest BCUT2D eigenvalue weighted by Gasteiger charge is 2.28. The highest BCUT2D eigenvalue weighted by Crippen LogP contribution is 2.22. The topological polar surface area (TPSA) is 74.8 Å². The molecule has 1 aromatic carbocycles. The average molecular weight is 325 g/mol. The monoisotopic (exact) mass is 325 g/mol. The molecule has 1 amide bonds. The van der Waals surface area contributed by atoms with Crippen molar-refractivity contribution in [1.29, 1.82) is 0 Å². The van der Waals surface area contributed by atoms with Crippen LogP contribution in [0.5, 0.6) is 0 Å². The number of aromatic nitrogens is 4. The largest absolute Gasteiger partial charge is 0.335 e. The van der Waals surface area contributed by atoms with E-state index < -0.39 is 0 Å². The second kappa shape index (κ2) is 7.38. The first-order valence-electron chi connectivity index (χ1n) is 8.42. The number of carbonyl (C=O) groups excluding carboxylic acids is 1. The second-order valence-corrected chi connectivity index (χ2v) is 6.42. The number of benzene rings is 1. The van der Waals surface area contributed by atoms with Crippen molar-refractivity contribution in [3.8, 4) is 0 Å². The predicted molar refractivity (Wildman–Crippen MR) is 92.1 cm³/mol. The van der Waals surface area contributed by atoms with Crippen LogP contribution in [-0.2, 0) is 11.2 Å². The van der Waals surface area contributed by atoms with Crippen molar-refractivity contribution in [2.24, 2.45) is 0 Å². The Morgan fingerprint density at radius 1 is 1.33 bits per heavy atom. The van der Waals surface area contributed by atoms with Gasteiger partial charge in [-0.1, -0.05) is 35.0 Å². The molecule has 0 saturated carbocycles. The molecule has 1 aromatic heterocycles. The van der Waals surface area contributed by atoms with E-state index in [2.05, 4.69) is 39.7 Å². The molecule has 0 bridgehead atoms. The van der Waals surface area contributed by atoms with Gasteiger partial charge in [0.25, 0.3) is 0 Å². The van der Waals surface area contributed by atoms with Gasteiger partial charge in [0, 0.05) is 24.6 Å². The normalized spacial score (nSPS) is 18.7. The number of hydrogen-bond acceptors (Lipinski definition) is 4. The number of nitrogens with zero attached hydrogens (tertiary/aromatic N) is 4. The number of aryl methyl sites for hydroxylation is 1. The molecule has 3 rings (SSSR count). The summed E-state index contributed by atoms with van der Waals surface area (Å²) in [5, 5.41) is 14.1.